The minimum absolute atomic E-state index is 0.574. The molecule has 6 heteroatoms. The van der Waals surface area contributed by atoms with Gasteiger partial charge in [0.15, 0.2) is 23.1 Å². The molecule has 58 heavy (non-hydrogen) atoms. The van der Waals surface area contributed by atoms with E-state index in [1.165, 1.54) is 5.56 Å². The highest BCUT2D eigenvalue weighted by Crippen LogP contribution is 2.46. The maximum atomic E-state index is 7.22. The molecule has 0 fully saturated rings. The van der Waals surface area contributed by atoms with Gasteiger partial charge in [0.1, 0.15) is 16.7 Å². The molecule has 0 atom stereocenters. The van der Waals surface area contributed by atoms with Gasteiger partial charge in [0.05, 0.1) is 22.1 Å². The van der Waals surface area contributed by atoms with Crippen LogP contribution in [0.1, 0.15) is 5.56 Å². The molecule has 0 aliphatic carbocycles. The number of furan rings is 2. The lowest BCUT2D eigenvalue weighted by atomic mass is 9.98. The number of aryl methyl sites for hydroxylation is 1. The second-order valence-corrected chi connectivity index (χ2v) is 14.8. The van der Waals surface area contributed by atoms with Crippen LogP contribution < -0.4 is 0 Å². The van der Waals surface area contributed by atoms with Gasteiger partial charge in [-0.05, 0) is 61.0 Å². The molecule has 0 aliphatic rings. The molecule has 0 N–H and O–H groups in total. The Kier molecular flexibility index (Phi) is 7.04. The summed E-state index contributed by atoms with van der Waals surface area (Å²) in [6.45, 7) is 2.12. The fraction of sp³-hybridized carbons (Fsp3) is 0.0192. The average molecular weight is 745 g/mol. The zero-order chi connectivity index (χ0) is 38.3. The topological polar surface area (TPSA) is 69.9 Å². The van der Waals surface area contributed by atoms with Crippen molar-refractivity contribution >= 4 is 65.7 Å². The molecule has 0 amide bonds. The van der Waals surface area contributed by atoms with Gasteiger partial charge in [0.25, 0.3) is 0 Å². The number of benzene rings is 8. The predicted molar refractivity (Wildman–Crippen MR) is 235 cm³/mol. The molecule has 12 aromatic rings. The molecule has 0 saturated carbocycles. The summed E-state index contributed by atoms with van der Waals surface area (Å²) in [6, 6.07) is 60.6. The van der Waals surface area contributed by atoms with E-state index in [0.717, 1.165) is 99.2 Å². The molecule has 272 valence electrons. The molecule has 0 aliphatic heterocycles. The van der Waals surface area contributed by atoms with Gasteiger partial charge in [-0.3, -0.25) is 0 Å². The maximum Gasteiger partial charge on any atom is 0.164 e. The molecule has 0 unspecified atom stereocenters. The lowest BCUT2D eigenvalue weighted by Crippen LogP contribution is -2.00. The largest absolute Gasteiger partial charge is 0.455 e. The first-order valence-corrected chi connectivity index (χ1v) is 19.4. The first kappa shape index (κ1) is 32.4. The van der Waals surface area contributed by atoms with Crippen LogP contribution in [-0.2, 0) is 0 Å². The third kappa shape index (κ3) is 4.88. The van der Waals surface area contributed by atoms with Crippen molar-refractivity contribution in [3.05, 3.63) is 181 Å². The minimum Gasteiger partial charge on any atom is -0.455 e. The van der Waals surface area contributed by atoms with E-state index in [1.807, 2.05) is 66.7 Å². The van der Waals surface area contributed by atoms with Gasteiger partial charge in [-0.25, -0.2) is 15.0 Å². The van der Waals surface area contributed by atoms with Gasteiger partial charge >= 0.3 is 0 Å². The Labute approximate surface area is 332 Å². The number of aromatic nitrogens is 4. The average Bonchev–Trinajstić information content (AvgIpc) is 3.97. The maximum absolute atomic E-state index is 7.22. The SMILES string of the molecule is Cc1ccc2oc3c(ccc4c3c3ccccc3n4-c3cccc4c3oc3c(-c5ccccc5)ccc(-c5nc(-c6ccccc6)nc(-c6ccccc6)n5)c34)c2c1. The second kappa shape index (κ2) is 12.6. The summed E-state index contributed by atoms with van der Waals surface area (Å²) in [7, 11) is 0. The molecular weight excluding hydrogens is 713 g/mol. The summed E-state index contributed by atoms with van der Waals surface area (Å²) in [5.74, 6) is 1.79. The van der Waals surface area contributed by atoms with Gasteiger partial charge in [-0.15, -0.1) is 0 Å². The van der Waals surface area contributed by atoms with E-state index >= 15 is 0 Å². The van der Waals surface area contributed by atoms with Crippen molar-refractivity contribution < 1.29 is 8.83 Å². The molecule has 0 saturated heterocycles. The molecular formula is C52H32N4O2. The predicted octanol–water partition coefficient (Wildman–Crippen LogP) is 13.7. The molecule has 12 rings (SSSR count). The fourth-order valence-electron chi connectivity index (χ4n) is 8.68. The van der Waals surface area contributed by atoms with Crippen LogP contribution in [0.15, 0.2) is 185 Å². The lowest BCUT2D eigenvalue weighted by Gasteiger charge is -2.11. The van der Waals surface area contributed by atoms with E-state index in [4.69, 9.17) is 23.8 Å². The Bertz CT molecular complexity index is 3510. The first-order chi connectivity index (χ1) is 28.7. The van der Waals surface area contributed by atoms with Crippen molar-refractivity contribution in [1.29, 1.82) is 0 Å². The van der Waals surface area contributed by atoms with Crippen LogP contribution in [0.3, 0.4) is 0 Å². The van der Waals surface area contributed by atoms with Crippen LogP contribution in [0.5, 0.6) is 0 Å². The van der Waals surface area contributed by atoms with E-state index in [-0.39, 0.29) is 0 Å². The Hall–Kier alpha value is -7.83. The highest BCUT2D eigenvalue weighted by atomic mass is 16.3. The van der Waals surface area contributed by atoms with Crippen LogP contribution in [0, 0.1) is 6.92 Å². The summed E-state index contributed by atoms with van der Waals surface area (Å²) in [4.78, 5) is 15.3. The molecule has 8 aromatic carbocycles. The van der Waals surface area contributed by atoms with E-state index in [2.05, 4.69) is 121 Å². The zero-order valence-corrected chi connectivity index (χ0v) is 31.3. The third-order valence-corrected chi connectivity index (χ3v) is 11.3. The van der Waals surface area contributed by atoms with E-state index in [9.17, 15) is 0 Å². The van der Waals surface area contributed by atoms with Gasteiger partial charge in [0, 0.05) is 49.2 Å². The van der Waals surface area contributed by atoms with Gasteiger partial charge in [0.2, 0.25) is 0 Å². The Morgan fingerprint density at radius 1 is 0.397 bits per heavy atom. The van der Waals surface area contributed by atoms with Crippen LogP contribution in [0.2, 0.25) is 0 Å². The van der Waals surface area contributed by atoms with Crippen LogP contribution in [0.25, 0.3) is 117 Å². The summed E-state index contributed by atoms with van der Waals surface area (Å²) < 4.78 is 16.2. The highest BCUT2D eigenvalue weighted by Gasteiger charge is 2.25. The van der Waals surface area contributed by atoms with Gasteiger partial charge in [-0.2, -0.15) is 0 Å². The number of nitrogens with zero attached hydrogens (tertiary/aromatic N) is 4. The molecule has 0 spiro atoms. The van der Waals surface area contributed by atoms with Crippen LogP contribution in [-0.4, -0.2) is 19.5 Å². The Morgan fingerprint density at radius 2 is 1.03 bits per heavy atom. The van der Waals surface area contributed by atoms with Crippen molar-refractivity contribution in [2.75, 3.05) is 0 Å². The molecule has 0 bridgehead atoms. The number of hydrogen-bond acceptors (Lipinski definition) is 5. The van der Waals surface area contributed by atoms with E-state index in [1.54, 1.807) is 0 Å². The van der Waals surface area contributed by atoms with Crippen molar-refractivity contribution in [2.24, 2.45) is 0 Å². The minimum atomic E-state index is 0.574. The normalized spacial score (nSPS) is 11.9. The summed E-state index contributed by atoms with van der Waals surface area (Å²) in [5.41, 5.74) is 12.3. The second-order valence-electron chi connectivity index (χ2n) is 14.8. The molecule has 4 aromatic heterocycles. The Balaban J connectivity index is 1.17. The smallest absolute Gasteiger partial charge is 0.164 e. The van der Waals surface area contributed by atoms with Crippen molar-refractivity contribution in [2.45, 2.75) is 6.92 Å². The standard InChI is InChI=1S/C52H32N4O2/c1-31-24-29-44-40(30-31)36-27-28-42-46(49(36)57-44)37-20-11-12-22-41(37)56(42)43-23-13-21-38-45-39(26-25-35(48(45)58-47(38)43)32-14-5-2-6-15-32)52-54-50(33-16-7-3-8-17-33)53-51(55-52)34-18-9-4-10-19-34/h2-30H,1H3. The molecule has 6 nitrogen and oxygen atoms in total. The first-order valence-electron chi connectivity index (χ1n) is 19.4. The number of hydrogen-bond donors (Lipinski definition) is 0. The lowest BCUT2D eigenvalue weighted by molar-refractivity contribution is 0.667. The molecule has 0 radical (unpaired) electrons. The fourth-order valence-corrected chi connectivity index (χ4v) is 8.68. The summed E-state index contributed by atoms with van der Waals surface area (Å²) in [6.07, 6.45) is 0. The van der Waals surface area contributed by atoms with Crippen molar-refractivity contribution in [3.63, 3.8) is 0 Å². The number of fused-ring (bicyclic) bond motifs is 10. The van der Waals surface area contributed by atoms with Crippen molar-refractivity contribution in [1.82, 2.24) is 19.5 Å². The monoisotopic (exact) mass is 744 g/mol. The molecule has 4 heterocycles. The van der Waals surface area contributed by atoms with E-state index < -0.39 is 0 Å². The third-order valence-electron chi connectivity index (χ3n) is 11.3. The van der Waals surface area contributed by atoms with Crippen molar-refractivity contribution in [3.8, 4) is 51.0 Å². The summed E-state index contributed by atoms with van der Waals surface area (Å²) >= 11 is 0. The van der Waals surface area contributed by atoms with Gasteiger partial charge < -0.3 is 13.4 Å². The highest BCUT2D eigenvalue weighted by molar-refractivity contribution is 6.25. The summed E-state index contributed by atoms with van der Waals surface area (Å²) in [5, 5.41) is 6.33. The number of rotatable bonds is 5. The number of para-hydroxylation sites is 2. The van der Waals surface area contributed by atoms with Gasteiger partial charge in [-0.1, -0.05) is 133 Å². The quantitative estimate of drug-likeness (QED) is 0.175. The van der Waals surface area contributed by atoms with Crippen LogP contribution in [0.4, 0.5) is 0 Å². The Morgan fingerprint density at radius 3 is 1.78 bits per heavy atom. The van der Waals surface area contributed by atoms with Crippen LogP contribution >= 0.6 is 0 Å². The zero-order valence-electron chi connectivity index (χ0n) is 31.3. The van der Waals surface area contributed by atoms with E-state index in [0.29, 0.717) is 17.5 Å².